The van der Waals surface area contributed by atoms with Gasteiger partial charge in [-0.2, -0.15) is 0 Å². The lowest BCUT2D eigenvalue weighted by atomic mass is 10.3. The van der Waals surface area contributed by atoms with Crippen LogP contribution in [0.4, 0.5) is 17.1 Å². The van der Waals surface area contributed by atoms with Crippen LogP contribution in [0.3, 0.4) is 0 Å². The van der Waals surface area contributed by atoms with Gasteiger partial charge in [-0.25, -0.2) is 0 Å². The molecular weight excluding hydrogens is 166 g/mol. The Kier molecular flexibility index (Phi) is 1.88. The normalized spacial score (nSPS) is 9.85. The lowest BCUT2D eigenvalue weighted by molar-refractivity contribution is 0.420. The van der Waals surface area contributed by atoms with E-state index in [1.807, 2.05) is 24.3 Å². The lowest BCUT2D eigenvalue weighted by Crippen LogP contribution is -1.90. The molecule has 3 N–H and O–H groups in total. The van der Waals surface area contributed by atoms with Crippen LogP contribution in [0.1, 0.15) is 0 Å². The minimum absolute atomic E-state index is 0.724. The van der Waals surface area contributed by atoms with E-state index in [1.165, 1.54) is 6.26 Å². The Bertz CT molecular complexity index is 384. The topological polar surface area (TPSA) is 64.1 Å². The molecule has 2 rings (SSSR count). The fourth-order valence-corrected chi connectivity index (χ4v) is 1.05. The Morgan fingerprint density at radius 3 is 2.92 bits per heavy atom. The van der Waals surface area contributed by atoms with Gasteiger partial charge in [-0.15, -0.1) is 0 Å². The van der Waals surface area contributed by atoms with Gasteiger partial charge in [0.15, 0.2) is 0 Å². The first-order valence-electron chi connectivity index (χ1n) is 3.86. The van der Waals surface area contributed by atoms with E-state index in [2.05, 4.69) is 15.0 Å². The van der Waals surface area contributed by atoms with E-state index < -0.39 is 0 Å². The zero-order valence-electron chi connectivity index (χ0n) is 6.90. The van der Waals surface area contributed by atoms with E-state index in [0.717, 1.165) is 17.1 Å². The largest absolute Gasteiger partial charge is 0.399 e. The number of nitrogen functional groups attached to an aromatic ring is 1. The number of anilines is 3. The molecular formula is C9H9N3O. The number of aromatic nitrogens is 1. The number of hydrogen-bond donors (Lipinski definition) is 2. The summed E-state index contributed by atoms with van der Waals surface area (Å²) in [6.07, 6.45) is 3.13. The molecule has 13 heavy (non-hydrogen) atoms. The van der Waals surface area contributed by atoms with Crippen molar-refractivity contribution >= 4 is 17.1 Å². The Labute approximate surface area is 75.3 Å². The Morgan fingerprint density at radius 2 is 2.23 bits per heavy atom. The van der Waals surface area contributed by atoms with Gasteiger partial charge in [0.05, 0.1) is 11.9 Å². The molecule has 4 nitrogen and oxygen atoms in total. The van der Waals surface area contributed by atoms with Crippen molar-refractivity contribution < 1.29 is 4.52 Å². The van der Waals surface area contributed by atoms with E-state index in [4.69, 9.17) is 5.73 Å². The zero-order valence-corrected chi connectivity index (χ0v) is 6.90. The summed E-state index contributed by atoms with van der Waals surface area (Å²) in [5, 5.41) is 6.66. The molecule has 0 aliphatic carbocycles. The molecule has 2 aromatic rings. The molecule has 0 aliphatic heterocycles. The quantitative estimate of drug-likeness (QED) is 0.685. The van der Waals surface area contributed by atoms with Crippen LogP contribution in [-0.4, -0.2) is 5.16 Å². The first-order valence-corrected chi connectivity index (χ1v) is 3.86. The van der Waals surface area contributed by atoms with Gasteiger partial charge in [0.2, 0.25) is 0 Å². The van der Waals surface area contributed by atoms with E-state index in [-0.39, 0.29) is 0 Å². The molecule has 4 heteroatoms. The van der Waals surface area contributed by atoms with Gasteiger partial charge in [0, 0.05) is 11.4 Å². The maximum Gasteiger partial charge on any atom is 0.147 e. The molecule has 1 aromatic carbocycles. The molecule has 1 aromatic heterocycles. The fraction of sp³-hybridized carbons (Fsp3) is 0. The van der Waals surface area contributed by atoms with E-state index >= 15 is 0 Å². The van der Waals surface area contributed by atoms with Gasteiger partial charge in [0.25, 0.3) is 0 Å². The smallest absolute Gasteiger partial charge is 0.147 e. The number of nitrogens with two attached hydrogens (primary N) is 1. The third kappa shape index (κ3) is 1.79. The summed E-state index contributed by atoms with van der Waals surface area (Å²) in [4.78, 5) is 0. The second kappa shape index (κ2) is 3.18. The number of nitrogens with one attached hydrogen (secondary N) is 1. The monoisotopic (exact) mass is 175 g/mol. The molecule has 1 heterocycles. The van der Waals surface area contributed by atoms with Crippen LogP contribution in [0.2, 0.25) is 0 Å². The Balaban J connectivity index is 2.19. The molecule has 0 fully saturated rings. The predicted molar refractivity (Wildman–Crippen MR) is 50.6 cm³/mol. The summed E-state index contributed by atoms with van der Waals surface area (Å²) < 4.78 is 4.67. The van der Waals surface area contributed by atoms with E-state index in [0.29, 0.717) is 0 Å². The van der Waals surface area contributed by atoms with Gasteiger partial charge in [-0.05, 0) is 18.2 Å². The van der Waals surface area contributed by atoms with Crippen LogP contribution in [0.25, 0.3) is 0 Å². The van der Waals surface area contributed by atoms with Crippen molar-refractivity contribution in [2.24, 2.45) is 0 Å². The number of nitrogens with zero attached hydrogens (tertiary/aromatic N) is 1. The maximum absolute atomic E-state index is 5.61. The van der Waals surface area contributed by atoms with Crippen LogP contribution in [-0.2, 0) is 0 Å². The highest BCUT2D eigenvalue weighted by molar-refractivity contribution is 5.61. The van der Waals surface area contributed by atoms with Gasteiger partial charge in [-0.1, -0.05) is 11.2 Å². The summed E-state index contributed by atoms with van der Waals surface area (Å²) in [6, 6.07) is 7.47. The standard InChI is InChI=1S/C9H9N3O/c10-7-2-1-3-8(4-7)12-9-5-11-13-6-9/h1-6,12H,10H2. The zero-order chi connectivity index (χ0) is 9.10. The van der Waals surface area contributed by atoms with Gasteiger partial charge >= 0.3 is 0 Å². The van der Waals surface area contributed by atoms with Crippen molar-refractivity contribution in [3.63, 3.8) is 0 Å². The number of rotatable bonds is 2. The lowest BCUT2D eigenvalue weighted by Gasteiger charge is -2.02. The summed E-state index contributed by atoms with van der Waals surface area (Å²) in [5.41, 5.74) is 8.06. The molecule has 0 saturated carbocycles. The minimum atomic E-state index is 0.724. The average Bonchev–Trinajstić information content (AvgIpc) is 2.57. The maximum atomic E-state index is 5.61. The van der Waals surface area contributed by atoms with E-state index in [9.17, 15) is 0 Å². The van der Waals surface area contributed by atoms with Crippen LogP contribution in [0, 0.1) is 0 Å². The molecule has 0 bridgehead atoms. The van der Waals surface area contributed by atoms with Gasteiger partial charge in [-0.3, -0.25) is 0 Å². The number of hydrogen-bond acceptors (Lipinski definition) is 4. The molecule has 0 radical (unpaired) electrons. The fourth-order valence-electron chi connectivity index (χ4n) is 1.05. The van der Waals surface area contributed by atoms with Crippen molar-refractivity contribution in [3.05, 3.63) is 36.7 Å². The minimum Gasteiger partial charge on any atom is -0.399 e. The second-order valence-corrected chi connectivity index (χ2v) is 2.66. The van der Waals surface area contributed by atoms with Gasteiger partial charge < -0.3 is 15.6 Å². The van der Waals surface area contributed by atoms with Crippen molar-refractivity contribution in [1.29, 1.82) is 0 Å². The van der Waals surface area contributed by atoms with E-state index in [1.54, 1.807) is 6.20 Å². The number of benzene rings is 1. The van der Waals surface area contributed by atoms with Crippen molar-refractivity contribution in [2.45, 2.75) is 0 Å². The molecule has 0 amide bonds. The summed E-state index contributed by atoms with van der Waals surface area (Å²) in [5.74, 6) is 0. The van der Waals surface area contributed by atoms with Crippen molar-refractivity contribution in [2.75, 3.05) is 11.1 Å². The second-order valence-electron chi connectivity index (χ2n) is 2.66. The van der Waals surface area contributed by atoms with Crippen LogP contribution in [0.5, 0.6) is 0 Å². The molecule has 0 unspecified atom stereocenters. The first-order chi connectivity index (χ1) is 6.34. The summed E-state index contributed by atoms with van der Waals surface area (Å²) in [6.45, 7) is 0. The van der Waals surface area contributed by atoms with Crippen LogP contribution < -0.4 is 11.1 Å². The highest BCUT2D eigenvalue weighted by atomic mass is 16.5. The Hall–Kier alpha value is -1.97. The van der Waals surface area contributed by atoms with Crippen LogP contribution >= 0.6 is 0 Å². The predicted octanol–water partition coefficient (Wildman–Crippen LogP) is 2.00. The summed E-state index contributed by atoms with van der Waals surface area (Å²) >= 11 is 0. The SMILES string of the molecule is Nc1cccc(Nc2cnoc2)c1. The Morgan fingerprint density at radius 1 is 1.31 bits per heavy atom. The van der Waals surface area contributed by atoms with Crippen molar-refractivity contribution in [1.82, 2.24) is 5.16 Å². The molecule has 0 saturated heterocycles. The molecule has 0 spiro atoms. The first kappa shape index (κ1) is 7.67. The third-order valence-corrected chi connectivity index (χ3v) is 1.61. The van der Waals surface area contributed by atoms with Crippen LogP contribution in [0.15, 0.2) is 41.2 Å². The molecule has 66 valence electrons. The molecule has 0 aliphatic rings. The summed E-state index contributed by atoms with van der Waals surface area (Å²) in [7, 11) is 0. The highest BCUT2D eigenvalue weighted by Crippen LogP contribution is 2.17. The average molecular weight is 175 g/mol. The third-order valence-electron chi connectivity index (χ3n) is 1.61. The van der Waals surface area contributed by atoms with Gasteiger partial charge in [0.1, 0.15) is 6.26 Å². The van der Waals surface area contributed by atoms with Crippen molar-refractivity contribution in [3.8, 4) is 0 Å². The highest BCUT2D eigenvalue weighted by Gasteiger charge is 1.95. The molecule has 0 atom stereocenters.